The molecule has 0 bridgehead atoms. The lowest BCUT2D eigenvalue weighted by molar-refractivity contribution is 0.0915. The van der Waals surface area contributed by atoms with Crippen LogP contribution in [0, 0.1) is 6.92 Å². The fourth-order valence-corrected chi connectivity index (χ4v) is 1.76. The van der Waals surface area contributed by atoms with Crippen LogP contribution >= 0.6 is 0 Å². The first kappa shape index (κ1) is 13.9. The second-order valence-electron chi connectivity index (χ2n) is 4.29. The van der Waals surface area contributed by atoms with Crippen LogP contribution in [0.15, 0.2) is 24.3 Å². The molecule has 0 heterocycles. The van der Waals surface area contributed by atoms with Crippen LogP contribution < -0.4 is 0 Å². The summed E-state index contributed by atoms with van der Waals surface area (Å²) >= 11 is 0. The Labute approximate surface area is 103 Å². The maximum atomic E-state index is 12.0. The Bertz CT molecular complexity index is 340. The number of aliphatic hydroxyl groups is 1. The van der Waals surface area contributed by atoms with Crippen LogP contribution in [-0.4, -0.2) is 42.0 Å². The Morgan fingerprint density at radius 2 is 1.88 bits per heavy atom. The number of aliphatic hydroxyl groups excluding tert-OH is 1. The number of ketones is 1. The highest BCUT2D eigenvalue weighted by atomic mass is 16.3. The van der Waals surface area contributed by atoms with Gasteiger partial charge in [0.05, 0.1) is 13.2 Å². The lowest BCUT2D eigenvalue weighted by Crippen LogP contribution is -2.33. The zero-order valence-electron chi connectivity index (χ0n) is 10.6. The first-order valence-electron chi connectivity index (χ1n) is 6.10. The third kappa shape index (κ3) is 4.67. The maximum absolute atomic E-state index is 12.0. The van der Waals surface area contributed by atoms with Gasteiger partial charge in [-0.1, -0.05) is 36.8 Å². The Balaban J connectivity index is 2.60. The van der Waals surface area contributed by atoms with E-state index in [4.69, 9.17) is 5.11 Å². The van der Waals surface area contributed by atoms with Gasteiger partial charge in [-0.15, -0.1) is 0 Å². The van der Waals surface area contributed by atoms with Gasteiger partial charge in [-0.2, -0.15) is 0 Å². The normalized spacial score (nSPS) is 10.8. The van der Waals surface area contributed by atoms with E-state index in [1.807, 2.05) is 36.1 Å². The summed E-state index contributed by atoms with van der Waals surface area (Å²) in [6, 6.07) is 7.62. The average Bonchev–Trinajstić information content (AvgIpc) is 2.30. The molecular formula is C14H21NO2. The molecule has 3 heteroatoms. The minimum absolute atomic E-state index is 0.0984. The van der Waals surface area contributed by atoms with Crippen LogP contribution in [0.1, 0.15) is 29.3 Å². The summed E-state index contributed by atoms with van der Waals surface area (Å²) in [7, 11) is 0. The predicted octanol–water partition coefficient (Wildman–Crippen LogP) is 1.88. The molecule has 3 nitrogen and oxygen atoms in total. The summed E-state index contributed by atoms with van der Waals surface area (Å²) in [6.07, 6.45) is 0.987. The highest BCUT2D eigenvalue weighted by Crippen LogP contribution is 2.05. The first-order chi connectivity index (χ1) is 8.17. The summed E-state index contributed by atoms with van der Waals surface area (Å²) in [5.74, 6) is 0.118. The lowest BCUT2D eigenvalue weighted by Gasteiger charge is -2.19. The zero-order chi connectivity index (χ0) is 12.7. The van der Waals surface area contributed by atoms with Crippen molar-refractivity contribution in [2.45, 2.75) is 20.3 Å². The molecular weight excluding hydrogens is 214 g/mol. The van der Waals surface area contributed by atoms with E-state index in [0.29, 0.717) is 13.1 Å². The molecule has 17 heavy (non-hydrogen) atoms. The standard InChI is InChI=1S/C14H21NO2/c1-3-8-15(9-10-16)11-14(17)13-6-4-12(2)5-7-13/h4-7,16H,3,8-11H2,1-2H3. The van der Waals surface area contributed by atoms with Crippen molar-refractivity contribution in [1.82, 2.24) is 4.90 Å². The molecule has 0 aliphatic heterocycles. The molecule has 1 aromatic carbocycles. The first-order valence-corrected chi connectivity index (χ1v) is 6.10. The number of rotatable bonds is 7. The number of hydrogen-bond acceptors (Lipinski definition) is 3. The van der Waals surface area contributed by atoms with Gasteiger partial charge in [0.2, 0.25) is 0 Å². The largest absolute Gasteiger partial charge is 0.395 e. The number of hydrogen-bond donors (Lipinski definition) is 1. The summed E-state index contributed by atoms with van der Waals surface area (Å²) in [6.45, 7) is 5.96. The average molecular weight is 235 g/mol. The van der Waals surface area contributed by atoms with E-state index in [-0.39, 0.29) is 12.4 Å². The lowest BCUT2D eigenvalue weighted by atomic mass is 10.1. The third-order valence-corrected chi connectivity index (χ3v) is 2.70. The number of carbonyl (C=O) groups is 1. The second-order valence-corrected chi connectivity index (χ2v) is 4.29. The molecule has 0 spiro atoms. The van der Waals surface area contributed by atoms with Crippen LogP contribution in [0.3, 0.4) is 0 Å². The Hall–Kier alpha value is -1.19. The van der Waals surface area contributed by atoms with Crippen LogP contribution in [-0.2, 0) is 0 Å². The molecule has 0 unspecified atom stereocenters. The molecule has 1 rings (SSSR count). The number of aryl methyl sites for hydroxylation is 1. The van der Waals surface area contributed by atoms with E-state index in [9.17, 15) is 4.79 Å². The minimum Gasteiger partial charge on any atom is -0.395 e. The van der Waals surface area contributed by atoms with Crippen molar-refractivity contribution in [3.05, 3.63) is 35.4 Å². The third-order valence-electron chi connectivity index (χ3n) is 2.70. The molecule has 1 N–H and O–H groups in total. The van der Waals surface area contributed by atoms with Crippen molar-refractivity contribution < 1.29 is 9.90 Å². The summed E-state index contributed by atoms with van der Waals surface area (Å²) in [5, 5.41) is 8.93. The van der Waals surface area contributed by atoms with Gasteiger partial charge in [-0.05, 0) is 19.9 Å². The van der Waals surface area contributed by atoms with Crippen molar-refractivity contribution in [2.24, 2.45) is 0 Å². The molecule has 0 amide bonds. The number of nitrogens with zero attached hydrogens (tertiary/aromatic N) is 1. The van der Waals surface area contributed by atoms with Gasteiger partial charge in [0.25, 0.3) is 0 Å². The highest BCUT2D eigenvalue weighted by molar-refractivity contribution is 5.97. The summed E-state index contributed by atoms with van der Waals surface area (Å²) in [5.41, 5.74) is 1.90. The number of carbonyl (C=O) groups excluding carboxylic acids is 1. The fourth-order valence-electron chi connectivity index (χ4n) is 1.76. The topological polar surface area (TPSA) is 40.5 Å². The highest BCUT2D eigenvalue weighted by Gasteiger charge is 2.11. The van der Waals surface area contributed by atoms with Gasteiger partial charge in [0.15, 0.2) is 5.78 Å². The van der Waals surface area contributed by atoms with Gasteiger partial charge >= 0.3 is 0 Å². The van der Waals surface area contributed by atoms with Crippen LogP contribution in [0.25, 0.3) is 0 Å². The van der Waals surface area contributed by atoms with Crippen molar-refractivity contribution in [2.75, 3.05) is 26.2 Å². The van der Waals surface area contributed by atoms with Gasteiger partial charge < -0.3 is 5.11 Å². The Kier molecular flexibility index (Phi) is 5.87. The Morgan fingerprint density at radius 1 is 1.24 bits per heavy atom. The van der Waals surface area contributed by atoms with Crippen LogP contribution in [0.4, 0.5) is 0 Å². The molecule has 0 radical (unpaired) electrons. The van der Waals surface area contributed by atoms with Gasteiger partial charge in [-0.3, -0.25) is 9.69 Å². The molecule has 0 aliphatic rings. The minimum atomic E-state index is 0.0984. The molecule has 0 atom stereocenters. The molecule has 0 saturated carbocycles. The number of benzene rings is 1. The van der Waals surface area contributed by atoms with E-state index < -0.39 is 0 Å². The monoisotopic (exact) mass is 235 g/mol. The van der Waals surface area contributed by atoms with E-state index >= 15 is 0 Å². The summed E-state index contributed by atoms with van der Waals surface area (Å²) in [4.78, 5) is 14.0. The van der Waals surface area contributed by atoms with Gasteiger partial charge in [0.1, 0.15) is 0 Å². The molecule has 94 valence electrons. The second kappa shape index (κ2) is 7.20. The van der Waals surface area contributed by atoms with Gasteiger partial charge in [-0.25, -0.2) is 0 Å². The quantitative estimate of drug-likeness (QED) is 0.734. The van der Waals surface area contributed by atoms with E-state index in [2.05, 4.69) is 6.92 Å². The smallest absolute Gasteiger partial charge is 0.176 e. The maximum Gasteiger partial charge on any atom is 0.176 e. The van der Waals surface area contributed by atoms with Crippen LogP contribution in [0.2, 0.25) is 0 Å². The van der Waals surface area contributed by atoms with E-state index in [0.717, 1.165) is 24.1 Å². The van der Waals surface area contributed by atoms with Crippen LogP contribution in [0.5, 0.6) is 0 Å². The molecule has 1 aromatic rings. The van der Waals surface area contributed by atoms with Crippen molar-refractivity contribution in [3.8, 4) is 0 Å². The number of Topliss-reactive ketones (excluding diaryl/α,β-unsaturated/α-hetero) is 1. The van der Waals surface area contributed by atoms with Crippen molar-refractivity contribution >= 4 is 5.78 Å². The molecule has 0 fully saturated rings. The van der Waals surface area contributed by atoms with Crippen molar-refractivity contribution in [3.63, 3.8) is 0 Å². The zero-order valence-corrected chi connectivity index (χ0v) is 10.6. The van der Waals surface area contributed by atoms with Crippen molar-refractivity contribution in [1.29, 1.82) is 0 Å². The van der Waals surface area contributed by atoms with Gasteiger partial charge in [0, 0.05) is 12.1 Å². The van der Waals surface area contributed by atoms with E-state index in [1.54, 1.807) is 0 Å². The summed E-state index contributed by atoms with van der Waals surface area (Å²) < 4.78 is 0. The molecule has 0 saturated heterocycles. The Morgan fingerprint density at radius 3 is 2.41 bits per heavy atom. The SMILES string of the molecule is CCCN(CCO)CC(=O)c1ccc(C)cc1. The molecule has 0 aliphatic carbocycles. The predicted molar refractivity (Wildman–Crippen MR) is 69.3 cm³/mol. The fraction of sp³-hybridized carbons (Fsp3) is 0.500. The molecule has 0 aromatic heterocycles. The van der Waals surface area contributed by atoms with E-state index in [1.165, 1.54) is 0 Å².